The van der Waals surface area contributed by atoms with Crippen LogP contribution >= 0.6 is 0 Å². The quantitative estimate of drug-likeness (QED) is 0.643. The Balaban J connectivity index is 0.000000146. The first-order valence-electron chi connectivity index (χ1n) is 6.04. The molecule has 1 aliphatic heterocycles. The minimum Gasteiger partial charge on any atom is -0.317 e. The summed E-state index contributed by atoms with van der Waals surface area (Å²) in [7, 11) is 0. The third-order valence-corrected chi connectivity index (χ3v) is 2.99. The Morgan fingerprint density at radius 2 is 1.43 bits per heavy atom. The molecule has 14 heavy (non-hydrogen) atoms. The summed E-state index contributed by atoms with van der Waals surface area (Å²) in [6, 6.07) is 2.30. The largest absolute Gasteiger partial charge is 0.317 e. The average molecular weight is 194 g/mol. The van der Waals surface area contributed by atoms with Gasteiger partial charge >= 0.3 is 0 Å². The summed E-state index contributed by atoms with van der Waals surface area (Å²) in [4.78, 5) is 0. The summed E-state index contributed by atoms with van der Waals surface area (Å²) in [5.74, 6) is 0.392. The van der Waals surface area contributed by atoms with Crippen molar-refractivity contribution in [2.24, 2.45) is 5.92 Å². The van der Waals surface area contributed by atoms with Gasteiger partial charge in [0.1, 0.15) is 0 Å². The molecule has 2 nitrogen and oxygen atoms in total. The molecule has 0 aromatic carbocycles. The second-order valence-corrected chi connectivity index (χ2v) is 4.27. The van der Waals surface area contributed by atoms with E-state index in [0.29, 0.717) is 5.92 Å². The molecule has 0 atom stereocenters. The summed E-state index contributed by atoms with van der Waals surface area (Å²) >= 11 is 0. The van der Waals surface area contributed by atoms with Crippen LogP contribution in [0.5, 0.6) is 0 Å². The van der Waals surface area contributed by atoms with E-state index in [0.717, 1.165) is 12.8 Å². The monoisotopic (exact) mass is 194 g/mol. The van der Waals surface area contributed by atoms with E-state index in [1.54, 1.807) is 0 Å². The van der Waals surface area contributed by atoms with Crippen molar-refractivity contribution in [1.29, 1.82) is 5.26 Å². The van der Waals surface area contributed by atoms with Gasteiger partial charge in [0.15, 0.2) is 0 Å². The van der Waals surface area contributed by atoms with Crippen LogP contribution in [0.4, 0.5) is 0 Å². The highest BCUT2D eigenvalue weighted by Crippen LogP contribution is 2.22. The lowest BCUT2D eigenvalue weighted by Gasteiger charge is -2.13. The number of nitrogens with zero attached hydrogens (tertiary/aromatic N) is 1. The Morgan fingerprint density at radius 3 is 1.71 bits per heavy atom. The van der Waals surface area contributed by atoms with Gasteiger partial charge in [-0.3, -0.25) is 0 Å². The molecule has 2 aliphatic rings. The molecule has 1 aliphatic carbocycles. The molecule has 1 heterocycles. The van der Waals surface area contributed by atoms with Gasteiger partial charge in [0.05, 0.1) is 6.07 Å². The van der Waals surface area contributed by atoms with Crippen molar-refractivity contribution < 1.29 is 0 Å². The van der Waals surface area contributed by atoms with Crippen LogP contribution in [-0.4, -0.2) is 13.1 Å². The molecule has 0 spiro atoms. The Bertz CT molecular complexity index is 150. The highest BCUT2D eigenvalue weighted by atomic mass is 14.9. The molecule has 2 fully saturated rings. The normalized spacial score (nSPS) is 23.1. The Hall–Kier alpha value is -0.550. The first kappa shape index (κ1) is 11.5. The Kier molecular flexibility index (Phi) is 6.43. The van der Waals surface area contributed by atoms with Crippen LogP contribution in [0.1, 0.15) is 51.4 Å². The third kappa shape index (κ3) is 5.24. The summed E-state index contributed by atoms with van der Waals surface area (Å²) in [6.45, 7) is 2.50. The topological polar surface area (TPSA) is 35.8 Å². The first-order chi connectivity index (χ1) is 6.93. The molecule has 0 aromatic heterocycles. The van der Waals surface area contributed by atoms with Gasteiger partial charge in [0.25, 0.3) is 0 Å². The molecule has 0 unspecified atom stereocenters. The van der Waals surface area contributed by atoms with Gasteiger partial charge in [-0.1, -0.05) is 25.7 Å². The Labute approximate surface area is 87.7 Å². The zero-order valence-electron chi connectivity index (χ0n) is 9.10. The van der Waals surface area contributed by atoms with Crippen LogP contribution in [0, 0.1) is 17.2 Å². The smallest absolute Gasteiger partial charge is 0.0655 e. The van der Waals surface area contributed by atoms with E-state index in [4.69, 9.17) is 5.26 Å². The van der Waals surface area contributed by atoms with Gasteiger partial charge in [-0.15, -0.1) is 0 Å². The third-order valence-electron chi connectivity index (χ3n) is 2.99. The SMILES string of the molecule is C1CCNCC1.N#CC1CCCCC1. The van der Waals surface area contributed by atoms with Gasteiger partial charge in [-0.25, -0.2) is 0 Å². The minimum absolute atomic E-state index is 0.392. The van der Waals surface area contributed by atoms with Gasteiger partial charge in [0, 0.05) is 5.92 Å². The highest BCUT2D eigenvalue weighted by molar-refractivity contribution is 4.84. The lowest BCUT2D eigenvalue weighted by molar-refractivity contribution is 0.427. The molecule has 2 rings (SSSR count). The molecule has 0 aromatic rings. The molecule has 0 amide bonds. The van der Waals surface area contributed by atoms with E-state index >= 15 is 0 Å². The van der Waals surface area contributed by atoms with E-state index in [1.807, 2.05) is 0 Å². The number of hydrogen-bond donors (Lipinski definition) is 1. The summed E-state index contributed by atoms with van der Waals surface area (Å²) in [5.41, 5.74) is 0. The fourth-order valence-electron chi connectivity index (χ4n) is 2.03. The van der Waals surface area contributed by atoms with E-state index in [9.17, 15) is 0 Å². The predicted molar refractivity (Wildman–Crippen MR) is 58.9 cm³/mol. The fraction of sp³-hybridized carbons (Fsp3) is 0.917. The molecular weight excluding hydrogens is 172 g/mol. The van der Waals surface area contributed by atoms with Crippen LogP contribution in [0.2, 0.25) is 0 Å². The molecular formula is C12H22N2. The van der Waals surface area contributed by atoms with Gasteiger partial charge in [0.2, 0.25) is 0 Å². The zero-order valence-corrected chi connectivity index (χ0v) is 9.10. The van der Waals surface area contributed by atoms with Crippen LogP contribution in [0.3, 0.4) is 0 Å². The van der Waals surface area contributed by atoms with E-state index in [1.165, 1.54) is 51.6 Å². The summed E-state index contributed by atoms with van der Waals surface area (Å²) < 4.78 is 0. The van der Waals surface area contributed by atoms with Crippen molar-refractivity contribution in [2.45, 2.75) is 51.4 Å². The molecule has 0 bridgehead atoms. The maximum absolute atomic E-state index is 8.44. The van der Waals surface area contributed by atoms with E-state index in [2.05, 4.69) is 11.4 Å². The fourth-order valence-corrected chi connectivity index (χ4v) is 2.03. The number of nitrogens with one attached hydrogen (secondary N) is 1. The second kappa shape index (κ2) is 7.82. The number of rotatable bonds is 0. The number of hydrogen-bond acceptors (Lipinski definition) is 2. The lowest BCUT2D eigenvalue weighted by Crippen LogP contribution is -2.21. The van der Waals surface area contributed by atoms with Crippen molar-refractivity contribution in [2.75, 3.05) is 13.1 Å². The van der Waals surface area contributed by atoms with Crippen molar-refractivity contribution in [3.05, 3.63) is 0 Å². The maximum atomic E-state index is 8.44. The summed E-state index contributed by atoms with van der Waals surface area (Å²) in [6.07, 6.45) is 10.4. The van der Waals surface area contributed by atoms with Crippen molar-refractivity contribution in [1.82, 2.24) is 5.32 Å². The van der Waals surface area contributed by atoms with E-state index in [-0.39, 0.29) is 0 Å². The van der Waals surface area contributed by atoms with Crippen LogP contribution in [0.15, 0.2) is 0 Å². The summed E-state index contributed by atoms with van der Waals surface area (Å²) in [5, 5.41) is 11.7. The molecule has 2 heteroatoms. The molecule has 1 N–H and O–H groups in total. The second-order valence-electron chi connectivity index (χ2n) is 4.27. The molecule has 1 saturated heterocycles. The van der Waals surface area contributed by atoms with Gasteiger partial charge in [-0.2, -0.15) is 5.26 Å². The minimum atomic E-state index is 0.392. The van der Waals surface area contributed by atoms with Crippen LogP contribution in [0.25, 0.3) is 0 Å². The number of piperidine rings is 1. The van der Waals surface area contributed by atoms with E-state index < -0.39 is 0 Å². The molecule has 0 radical (unpaired) electrons. The number of nitriles is 1. The van der Waals surface area contributed by atoms with Crippen LogP contribution < -0.4 is 5.32 Å². The zero-order chi connectivity index (χ0) is 10.1. The average Bonchev–Trinajstić information content (AvgIpc) is 2.33. The predicted octanol–water partition coefficient (Wildman–Crippen LogP) is 2.85. The first-order valence-corrected chi connectivity index (χ1v) is 6.04. The van der Waals surface area contributed by atoms with Crippen LogP contribution in [-0.2, 0) is 0 Å². The lowest BCUT2D eigenvalue weighted by atomic mass is 9.91. The maximum Gasteiger partial charge on any atom is 0.0655 e. The van der Waals surface area contributed by atoms with Crippen molar-refractivity contribution in [3.63, 3.8) is 0 Å². The standard InChI is InChI=1S/C7H11N.C5H11N/c8-6-7-4-2-1-3-5-7;1-2-4-6-5-3-1/h7H,1-5H2;6H,1-5H2. The van der Waals surface area contributed by atoms with Gasteiger partial charge < -0.3 is 5.32 Å². The highest BCUT2D eigenvalue weighted by Gasteiger charge is 2.10. The van der Waals surface area contributed by atoms with Gasteiger partial charge in [-0.05, 0) is 38.8 Å². The van der Waals surface area contributed by atoms with Crippen molar-refractivity contribution >= 4 is 0 Å². The van der Waals surface area contributed by atoms with Crippen molar-refractivity contribution in [3.8, 4) is 6.07 Å². The molecule has 80 valence electrons. The molecule has 1 saturated carbocycles. The Morgan fingerprint density at radius 1 is 0.857 bits per heavy atom.